The fourth-order valence-corrected chi connectivity index (χ4v) is 1.70. The van der Waals surface area contributed by atoms with E-state index in [0.717, 1.165) is 11.7 Å². The summed E-state index contributed by atoms with van der Waals surface area (Å²) >= 11 is 0. The Bertz CT molecular complexity index is 376. The molecular formula is C11H15N3O. The monoisotopic (exact) mass is 205 g/mol. The molecular weight excluding hydrogens is 190 g/mol. The highest BCUT2D eigenvalue weighted by Crippen LogP contribution is 2.31. The summed E-state index contributed by atoms with van der Waals surface area (Å²) in [5.74, 6) is 1.74. The molecule has 0 saturated carbocycles. The molecule has 4 nitrogen and oxygen atoms in total. The van der Waals surface area contributed by atoms with E-state index < -0.39 is 0 Å². The van der Waals surface area contributed by atoms with Crippen LogP contribution in [0.4, 0.5) is 0 Å². The lowest BCUT2D eigenvalue weighted by atomic mass is 10.1. The third kappa shape index (κ3) is 1.88. The lowest BCUT2D eigenvalue weighted by Crippen LogP contribution is -2.37. The van der Waals surface area contributed by atoms with Gasteiger partial charge in [0.25, 0.3) is 0 Å². The van der Waals surface area contributed by atoms with Crippen LogP contribution in [0, 0.1) is 0 Å². The highest BCUT2D eigenvalue weighted by Gasteiger charge is 2.23. The molecule has 1 heterocycles. The summed E-state index contributed by atoms with van der Waals surface area (Å²) in [5, 5.41) is 6.28. The lowest BCUT2D eigenvalue weighted by Gasteiger charge is -2.14. The Kier molecular flexibility index (Phi) is 2.76. The molecule has 4 heteroatoms. The first-order chi connectivity index (χ1) is 7.35. The molecule has 0 spiro atoms. The molecule has 1 aromatic rings. The summed E-state index contributed by atoms with van der Waals surface area (Å²) in [6.07, 6.45) is 0. The fraction of sp³-hybridized carbons (Fsp3) is 0.364. The van der Waals surface area contributed by atoms with E-state index in [2.05, 4.69) is 21.7 Å². The van der Waals surface area contributed by atoms with E-state index in [9.17, 15) is 0 Å². The second kappa shape index (κ2) is 4.21. The first-order valence-electron chi connectivity index (χ1n) is 4.98. The maximum atomic E-state index is 5.56. The van der Waals surface area contributed by atoms with Crippen LogP contribution in [0.25, 0.3) is 0 Å². The van der Waals surface area contributed by atoms with Gasteiger partial charge in [0.15, 0.2) is 5.96 Å². The van der Waals surface area contributed by atoms with Crippen LogP contribution >= 0.6 is 0 Å². The van der Waals surface area contributed by atoms with Crippen LogP contribution < -0.4 is 15.4 Å². The number of ether oxygens (including phenoxy) is 1. The maximum absolute atomic E-state index is 5.56. The Hall–Kier alpha value is -1.71. The van der Waals surface area contributed by atoms with Gasteiger partial charge in [0, 0.05) is 19.7 Å². The number of fused-ring (bicyclic) bond motifs is 1. The van der Waals surface area contributed by atoms with Crippen LogP contribution in [0.5, 0.6) is 5.75 Å². The van der Waals surface area contributed by atoms with Gasteiger partial charge in [0.2, 0.25) is 0 Å². The van der Waals surface area contributed by atoms with E-state index in [1.165, 1.54) is 5.56 Å². The summed E-state index contributed by atoms with van der Waals surface area (Å²) in [6, 6.07) is 8.24. The highest BCUT2D eigenvalue weighted by molar-refractivity contribution is 5.80. The summed E-state index contributed by atoms with van der Waals surface area (Å²) < 4.78 is 5.56. The molecule has 1 atom stereocenters. The summed E-state index contributed by atoms with van der Waals surface area (Å²) in [5.41, 5.74) is 1.19. The van der Waals surface area contributed by atoms with Crippen LogP contribution in [0.3, 0.4) is 0 Å². The molecule has 0 unspecified atom stereocenters. The summed E-state index contributed by atoms with van der Waals surface area (Å²) in [7, 11) is 3.59. The largest absolute Gasteiger partial charge is 0.491 e. The zero-order chi connectivity index (χ0) is 10.7. The van der Waals surface area contributed by atoms with Crippen molar-refractivity contribution in [3.05, 3.63) is 29.8 Å². The number of aliphatic imine (C=N–C) groups is 1. The standard InChI is InChI=1S/C11H15N3O/c1-12-11(13-2)14-9-7-15-10-6-4-3-5-8(9)10/h3-6,9H,7H2,1-2H3,(H2,12,13,14)/t9-/m1/s1. The second-order valence-electron chi connectivity index (χ2n) is 3.37. The normalized spacial score (nSPS) is 19.3. The zero-order valence-corrected chi connectivity index (χ0v) is 8.95. The quantitative estimate of drug-likeness (QED) is 0.529. The molecule has 80 valence electrons. The number of nitrogens with zero attached hydrogens (tertiary/aromatic N) is 1. The van der Waals surface area contributed by atoms with Crippen molar-refractivity contribution in [2.24, 2.45) is 4.99 Å². The Morgan fingerprint density at radius 3 is 3.00 bits per heavy atom. The number of para-hydroxylation sites is 1. The van der Waals surface area contributed by atoms with Gasteiger partial charge >= 0.3 is 0 Å². The van der Waals surface area contributed by atoms with Crippen LogP contribution in [0.15, 0.2) is 29.3 Å². The van der Waals surface area contributed by atoms with E-state index in [-0.39, 0.29) is 6.04 Å². The highest BCUT2D eigenvalue weighted by atomic mass is 16.5. The number of hydrogen-bond acceptors (Lipinski definition) is 2. The smallest absolute Gasteiger partial charge is 0.191 e. The molecule has 0 radical (unpaired) electrons. The fourth-order valence-electron chi connectivity index (χ4n) is 1.70. The van der Waals surface area contributed by atoms with Gasteiger partial charge in [-0.25, -0.2) is 0 Å². The van der Waals surface area contributed by atoms with Crippen molar-refractivity contribution in [2.45, 2.75) is 6.04 Å². The molecule has 0 aromatic heterocycles. The molecule has 0 amide bonds. The molecule has 0 aliphatic carbocycles. The second-order valence-corrected chi connectivity index (χ2v) is 3.37. The molecule has 0 fully saturated rings. The number of nitrogens with one attached hydrogen (secondary N) is 2. The molecule has 1 aliphatic rings. The van der Waals surface area contributed by atoms with E-state index in [1.54, 1.807) is 7.05 Å². The first-order valence-corrected chi connectivity index (χ1v) is 4.98. The summed E-state index contributed by atoms with van der Waals surface area (Å²) in [4.78, 5) is 4.08. The SMILES string of the molecule is CN=C(NC)N[C@@H]1COc2ccccc21. The molecule has 0 saturated heterocycles. The molecule has 0 bridgehead atoms. The van der Waals surface area contributed by atoms with Gasteiger partial charge in [0.05, 0.1) is 6.04 Å². The van der Waals surface area contributed by atoms with Crippen LogP contribution in [-0.4, -0.2) is 26.7 Å². The van der Waals surface area contributed by atoms with Gasteiger partial charge in [-0.05, 0) is 6.07 Å². The predicted molar refractivity (Wildman–Crippen MR) is 60.2 cm³/mol. The molecule has 2 N–H and O–H groups in total. The lowest BCUT2D eigenvalue weighted by molar-refractivity contribution is 0.324. The van der Waals surface area contributed by atoms with Crippen molar-refractivity contribution in [3.63, 3.8) is 0 Å². The Morgan fingerprint density at radius 2 is 2.27 bits per heavy atom. The number of guanidine groups is 1. The van der Waals surface area contributed by atoms with Gasteiger partial charge < -0.3 is 15.4 Å². The minimum Gasteiger partial charge on any atom is -0.491 e. The minimum absolute atomic E-state index is 0.187. The topological polar surface area (TPSA) is 45.7 Å². The van der Waals surface area contributed by atoms with Crippen molar-refractivity contribution in [1.82, 2.24) is 10.6 Å². The van der Waals surface area contributed by atoms with Crippen molar-refractivity contribution >= 4 is 5.96 Å². The maximum Gasteiger partial charge on any atom is 0.191 e. The van der Waals surface area contributed by atoms with Crippen molar-refractivity contribution < 1.29 is 4.74 Å². The Balaban J connectivity index is 2.14. The number of rotatable bonds is 1. The number of hydrogen-bond donors (Lipinski definition) is 2. The minimum atomic E-state index is 0.187. The Labute approximate surface area is 89.4 Å². The van der Waals surface area contributed by atoms with E-state index in [1.807, 2.05) is 25.2 Å². The third-order valence-corrected chi connectivity index (χ3v) is 2.47. The summed E-state index contributed by atoms with van der Waals surface area (Å²) in [6.45, 7) is 0.653. The zero-order valence-electron chi connectivity index (χ0n) is 8.95. The van der Waals surface area contributed by atoms with E-state index in [4.69, 9.17) is 4.74 Å². The molecule has 1 aliphatic heterocycles. The van der Waals surface area contributed by atoms with Gasteiger partial charge in [0.1, 0.15) is 12.4 Å². The van der Waals surface area contributed by atoms with Crippen LogP contribution in [0.1, 0.15) is 11.6 Å². The van der Waals surface area contributed by atoms with Gasteiger partial charge in [-0.15, -0.1) is 0 Å². The first kappa shape index (κ1) is 9.83. The van der Waals surface area contributed by atoms with Crippen molar-refractivity contribution in [3.8, 4) is 5.75 Å². The van der Waals surface area contributed by atoms with Gasteiger partial charge in [-0.2, -0.15) is 0 Å². The number of benzene rings is 1. The van der Waals surface area contributed by atoms with Gasteiger partial charge in [-0.3, -0.25) is 4.99 Å². The van der Waals surface area contributed by atoms with Crippen molar-refractivity contribution in [2.75, 3.05) is 20.7 Å². The van der Waals surface area contributed by atoms with Crippen LogP contribution in [0.2, 0.25) is 0 Å². The van der Waals surface area contributed by atoms with Gasteiger partial charge in [-0.1, -0.05) is 18.2 Å². The average Bonchev–Trinajstić information content (AvgIpc) is 2.69. The Morgan fingerprint density at radius 1 is 1.47 bits per heavy atom. The molecule has 15 heavy (non-hydrogen) atoms. The van der Waals surface area contributed by atoms with Crippen molar-refractivity contribution in [1.29, 1.82) is 0 Å². The van der Waals surface area contributed by atoms with E-state index >= 15 is 0 Å². The van der Waals surface area contributed by atoms with Crippen LogP contribution in [-0.2, 0) is 0 Å². The van der Waals surface area contributed by atoms with E-state index in [0.29, 0.717) is 6.61 Å². The third-order valence-electron chi connectivity index (χ3n) is 2.47. The molecule has 2 rings (SSSR count). The average molecular weight is 205 g/mol. The predicted octanol–water partition coefficient (Wildman–Crippen LogP) is 0.915. The molecule has 1 aromatic carbocycles.